The Morgan fingerprint density at radius 1 is 1.48 bits per heavy atom. The van der Waals surface area contributed by atoms with Crippen LogP contribution in [0.25, 0.3) is 0 Å². The summed E-state index contributed by atoms with van der Waals surface area (Å²) in [7, 11) is 0. The largest absolute Gasteiger partial charge is 0.362 e. The van der Waals surface area contributed by atoms with E-state index in [2.05, 4.69) is 17.6 Å². The fourth-order valence-corrected chi connectivity index (χ4v) is 2.64. The Morgan fingerprint density at radius 2 is 2.29 bits per heavy atom. The lowest BCUT2D eigenvalue weighted by atomic mass is 10.0. The number of benzene rings is 1. The van der Waals surface area contributed by atoms with Crippen LogP contribution in [-0.2, 0) is 4.79 Å². The standard InChI is InChI=1S/C16H24FN3O/c1-3-7-18-12(2)14-10-13(17)5-6-15(14)20-9-4-8-19-16(21)11-20/h5-6,10,12,18H,3-4,7-9,11H2,1-2H3,(H,19,21). The maximum absolute atomic E-state index is 13.6. The van der Waals surface area contributed by atoms with Crippen LogP contribution < -0.4 is 15.5 Å². The van der Waals surface area contributed by atoms with Gasteiger partial charge in [0, 0.05) is 24.8 Å². The van der Waals surface area contributed by atoms with Crippen molar-refractivity contribution in [1.82, 2.24) is 10.6 Å². The smallest absolute Gasteiger partial charge is 0.239 e. The summed E-state index contributed by atoms with van der Waals surface area (Å²) in [5, 5.41) is 6.26. The number of carbonyl (C=O) groups is 1. The lowest BCUT2D eigenvalue weighted by Crippen LogP contribution is -2.34. The van der Waals surface area contributed by atoms with Crippen LogP contribution >= 0.6 is 0 Å². The fourth-order valence-electron chi connectivity index (χ4n) is 2.64. The van der Waals surface area contributed by atoms with Gasteiger partial charge in [0.2, 0.25) is 5.91 Å². The Balaban J connectivity index is 2.26. The maximum Gasteiger partial charge on any atom is 0.239 e. The molecule has 1 amide bonds. The molecule has 1 heterocycles. The van der Waals surface area contributed by atoms with Crippen molar-refractivity contribution in [1.29, 1.82) is 0 Å². The Labute approximate surface area is 125 Å². The van der Waals surface area contributed by atoms with Crippen LogP contribution in [0.1, 0.15) is 38.3 Å². The zero-order chi connectivity index (χ0) is 15.2. The van der Waals surface area contributed by atoms with Gasteiger partial charge in [-0.25, -0.2) is 4.39 Å². The lowest BCUT2D eigenvalue weighted by Gasteiger charge is -2.27. The summed E-state index contributed by atoms with van der Waals surface area (Å²) in [6.07, 6.45) is 1.93. The third kappa shape index (κ3) is 4.17. The quantitative estimate of drug-likeness (QED) is 0.875. The summed E-state index contributed by atoms with van der Waals surface area (Å²) in [5.74, 6) is -0.213. The van der Waals surface area contributed by atoms with E-state index in [0.29, 0.717) is 13.1 Å². The molecule has 1 atom stereocenters. The Hall–Kier alpha value is -1.62. The molecule has 4 nitrogen and oxygen atoms in total. The van der Waals surface area contributed by atoms with Gasteiger partial charge in [0.15, 0.2) is 0 Å². The summed E-state index contributed by atoms with van der Waals surface area (Å²) in [5.41, 5.74) is 1.86. The van der Waals surface area contributed by atoms with Crippen LogP contribution in [-0.4, -0.2) is 32.1 Å². The number of halogens is 1. The molecule has 0 saturated carbocycles. The lowest BCUT2D eigenvalue weighted by molar-refractivity contribution is -0.119. The number of rotatable bonds is 5. The van der Waals surface area contributed by atoms with Crippen LogP contribution in [0.2, 0.25) is 0 Å². The summed E-state index contributed by atoms with van der Waals surface area (Å²) >= 11 is 0. The van der Waals surface area contributed by atoms with Gasteiger partial charge in [-0.15, -0.1) is 0 Å². The minimum Gasteiger partial charge on any atom is -0.362 e. The van der Waals surface area contributed by atoms with Gasteiger partial charge in [-0.1, -0.05) is 6.92 Å². The van der Waals surface area contributed by atoms with Crippen molar-refractivity contribution in [3.05, 3.63) is 29.6 Å². The molecule has 0 aliphatic carbocycles. The predicted octanol–water partition coefficient (Wildman–Crippen LogP) is 2.21. The summed E-state index contributed by atoms with van der Waals surface area (Å²) in [6, 6.07) is 4.88. The van der Waals surface area contributed by atoms with Gasteiger partial charge in [0.1, 0.15) is 5.82 Å². The van der Waals surface area contributed by atoms with Crippen molar-refractivity contribution in [2.75, 3.05) is 31.1 Å². The van der Waals surface area contributed by atoms with E-state index in [4.69, 9.17) is 0 Å². The Morgan fingerprint density at radius 3 is 3.05 bits per heavy atom. The first-order valence-corrected chi connectivity index (χ1v) is 7.66. The van der Waals surface area contributed by atoms with Gasteiger partial charge >= 0.3 is 0 Å². The molecule has 1 unspecified atom stereocenters. The van der Waals surface area contributed by atoms with Gasteiger partial charge in [-0.2, -0.15) is 0 Å². The molecule has 2 N–H and O–H groups in total. The zero-order valence-corrected chi connectivity index (χ0v) is 12.8. The Kier molecular flexibility index (Phi) is 5.56. The second-order valence-electron chi connectivity index (χ2n) is 5.50. The van der Waals surface area contributed by atoms with Crippen molar-refractivity contribution >= 4 is 11.6 Å². The van der Waals surface area contributed by atoms with Crippen molar-refractivity contribution in [2.24, 2.45) is 0 Å². The minimum atomic E-state index is -0.238. The number of nitrogens with zero attached hydrogens (tertiary/aromatic N) is 1. The zero-order valence-electron chi connectivity index (χ0n) is 12.8. The second kappa shape index (κ2) is 7.41. The molecule has 0 radical (unpaired) electrons. The molecule has 1 aliphatic rings. The van der Waals surface area contributed by atoms with E-state index in [1.54, 1.807) is 12.1 Å². The molecule has 1 aliphatic heterocycles. The summed E-state index contributed by atoms with van der Waals surface area (Å²) in [4.78, 5) is 13.8. The van der Waals surface area contributed by atoms with E-state index in [1.165, 1.54) is 6.07 Å². The van der Waals surface area contributed by atoms with Gasteiger partial charge in [0.05, 0.1) is 6.54 Å². The molecule has 1 aromatic rings. The van der Waals surface area contributed by atoms with Crippen LogP contribution in [0.15, 0.2) is 18.2 Å². The first-order chi connectivity index (χ1) is 10.1. The highest BCUT2D eigenvalue weighted by molar-refractivity contribution is 5.82. The van der Waals surface area contributed by atoms with Gasteiger partial charge in [-0.05, 0) is 50.1 Å². The molecule has 1 saturated heterocycles. The number of anilines is 1. The Bertz CT molecular complexity index is 492. The average molecular weight is 293 g/mol. The third-order valence-electron chi connectivity index (χ3n) is 3.76. The van der Waals surface area contributed by atoms with E-state index < -0.39 is 0 Å². The molecule has 2 rings (SSSR count). The van der Waals surface area contributed by atoms with Gasteiger partial charge < -0.3 is 15.5 Å². The SMILES string of the molecule is CCCNC(C)c1cc(F)ccc1N1CCCNC(=O)C1. The first kappa shape index (κ1) is 15.8. The highest BCUT2D eigenvalue weighted by Crippen LogP contribution is 2.28. The number of hydrogen-bond donors (Lipinski definition) is 2. The third-order valence-corrected chi connectivity index (χ3v) is 3.76. The predicted molar refractivity (Wildman–Crippen MR) is 82.9 cm³/mol. The number of amides is 1. The topological polar surface area (TPSA) is 44.4 Å². The van der Waals surface area contributed by atoms with Gasteiger partial charge in [-0.3, -0.25) is 4.79 Å². The number of carbonyl (C=O) groups excluding carboxylic acids is 1. The number of nitrogens with one attached hydrogen (secondary N) is 2. The maximum atomic E-state index is 13.6. The molecule has 116 valence electrons. The fraction of sp³-hybridized carbons (Fsp3) is 0.562. The van der Waals surface area contributed by atoms with E-state index >= 15 is 0 Å². The molecular formula is C16H24FN3O. The van der Waals surface area contributed by atoms with Crippen LogP contribution in [0, 0.1) is 5.82 Å². The van der Waals surface area contributed by atoms with E-state index in [0.717, 1.165) is 37.2 Å². The number of hydrogen-bond acceptors (Lipinski definition) is 3. The van der Waals surface area contributed by atoms with Crippen LogP contribution in [0.4, 0.5) is 10.1 Å². The van der Waals surface area contributed by atoms with Crippen molar-refractivity contribution in [2.45, 2.75) is 32.7 Å². The summed E-state index contributed by atoms with van der Waals surface area (Å²) < 4.78 is 13.6. The monoisotopic (exact) mass is 293 g/mol. The first-order valence-electron chi connectivity index (χ1n) is 7.66. The van der Waals surface area contributed by atoms with Crippen molar-refractivity contribution in [3.63, 3.8) is 0 Å². The molecule has 0 aromatic heterocycles. The molecule has 1 fully saturated rings. The second-order valence-corrected chi connectivity index (χ2v) is 5.50. The van der Waals surface area contributed by atoms with Crippen LogP contribution in [0.3, 0.4) is 0 Å². The molecule has 0 bridgehead atoms. The average Bonchev–Trinajstić information content (AvgIpc) is 2.69. The highest BCUT2D eigenvalue weighted by atomic mass is 19.1. The van der Waals surface area contributed by atoms with E-state index in [-0.39, 0.29) is 17.8 Å². The van der Waals surface area contributed by atoms with Gasteiger partial charge in [0.25, 0.3) is 0 Å². The van der Waals surface area contributed by atoms with Crippen molar-refractivity contribution < 1.29 is 9.18 Å². The molecular weight excluding hydrogens is 269 g/mol. The molecule has 0 spiro atoms. The summed E-state index contributed by atoms with van der Waals surface area (Å²) in [6.45, 7) is 6.86. The molecule has 21 heavy (non-hydrogen) atoms. The molecule has 1 aromatic carbocycles. The molecule has 5 heteroatoms. The minimum absolute atomic E-state index is 0.0249. The van der Waals surface area contributed by atoms with Crippen molar-refractivity contribution in [3.8, 4) is 0 Å². The highest BCUT2D eigenvalue weighted by Gasteiger charge is 2.20. The van der Waals surface area contributed by atoms with E-state index in [9.17, 15) is 9.18 Å². The van der Waals surface area contributed by atoms with E-state index in [1.807, 2.05) is 11.8 Å². The normalized spacial score (nSPS) is 17.3. The van der Waals surface area contributed by atoms with Crippen LogP contribution in [0.5, 0.6) is 0 Å².